The van der Waals surface area contributed by atoms with Crippen LogP contribution >= 0.6 is 0 Å². The van der Waals surface area contributed by atoms with Gasteiger partial charge in [0.15, 0.2) is 0 Å². The van der Waals surface area contributed by atoms with Gasteiger partial charge in [-0.25, -0.2) is 0 Å². The van der Waals surface area contributed by atoms with E-state index < -0.39 is 0 Å². The predicted molar refractivity (Wildman–Crippen MR) is 73.2 cm³/mol. The number of rotatable bonds is 0. The Hall–Kier alpha value is -2.55. The van der Waals surface area contributed by atoms with E-state index in [1.807, 2.05) is 36.5 Å². The van der Waals surface area contributed by atoms with Crippen LogP contribution in [-0.4, -0.2) is 10.1 Å². The molecule has 1 aliphatic rings. The smallest absolute Gasteiger partial charge is 0.127 e. The molecule has 1 aliphatic heterocycles. The van der Waals surface area contributed by atoms with Crippen molar-refractivity contribution in [3.05, 3.63) is 54.2 Å². The Balaban J connectivity index is 2.06. The number of phenolic OH excluding ortho intramolecular Hbond substituents is 1. The van der Waals surface area contributed by atoms with E-state index in [0.717, 1.165) is 33.3 Å². The predicted octanol–water partition coefficient (Wildman–Crippen LogP) is 3.50. The minimum atomic E-state index is 0.233. The van der Waals surface area contributed by atoms with Gasteiger partial charge in [-0.15, -0.1) is 0 Å². The maximum Gasteiger partial charge on any atom is 0.127 e. The summed E-state index contributed by atoms with van der Waals surface area (Å²) in [5, 5.41) is 10.6. The first-order chi connectivity index (χ1) is 9.33. The molecule has 2 heterocycles. The van der Waals surface area contributed by atoms with Crippen molar-refractivity contribution in [2.24, 2.45) is 0 Å². The van der Waals surface area contributed by atoms with Crippen molar-refractivity contribution in [1.29, 1.82) is 0 Å². The van der Waals surface area contributed by atoms with E-state index in [1.165, 1.54) is 0 Å². The summed E-state index contributed by atoms with van der Waals surface area (Å²) in [5.41, 5.74) is 4.11. The van der Waals surface area contributed by atoms with Crippen molar-refractivity contribution >= 4 is 10.9 Å². The van der Waals surface area contributed by atoms with Gasteiger partial charge in [-0.05, 0) is 18.2 Å². The standard InChI is InChI=1S/C16H11NO2/c18-10-5-6-11-14-9-19-16-4-2-1-3-12(16)13(14)8-17-15(11)7-10/h1-8,18H,9H2. The molecular weight excluding hydrogens is 238 g/mol. The zero-order valence-corrected chi connectivity index (χ0v) is 10.1. The third-order valence-corrected chi connectivity index (χ3v) is 3.51. The van der Waals surface area contributed by atoms with Crippen LogP contribution in [-0.2, 0) is 6.61 Å². The molecule has 0 fully saturated rings. The highest BCUT2D eigenvalue weighted by molar-refractivity contribution is 5.91. The molecule has 0 saturated carbocycles. The molecule has 2 aromatic carbocycles. The van der Waals surface area contributed by atoms with E-state index in [1.54, 1.807) is 12.1 Å². The van der Waals surface area contributed by atoms with E-state index in [0.29, 0.717) is 6.61 Å². The zero-order chi connectivity index (χ0) is 12.8. The van der Waals surface area contributed by atoms with E-state index >= 15 is 0 Å². The van der Waals surface area contributed by atoms with Gasteiger partial charge in [-0.3, -0.25) is 4.98 Å². The van der Waals surface area contributed by atoms with Crippen LogP contribution in [0, 0.1) is 0 Å². The van der Waals surface area contributed by atoms with Gasteiger partial charge in [0.1, 0.15) is 18.1 Å². The number of phenols is 1. The maximum absolute atomic E-state index is 9.52. The van der Waals surface area contributed by atoms with Crippen molar-refractivity contribution in [2.45, 2.75) is 6.61 Å². The molecule has 0 amide bonds. The van der Waals surface area contributed by atoms with E-state index in [2.05, 4.69) is 4.98 Å². The Kier molecular flexibility index (Phi) is 2.03. The Labute approximate surface area is 110 Å². The second kappa shape index (κ2) is 3.72. The van der Waals surface area contributed by atoms with Crippen LogP contribution in [0.5, 0.6) is 11.5 Å². The molecule has 3 nitrogen and oxygen atoms in total. The molecule has 0 radical (unpaired) electrons. The summed E-state index contributed by atoms with van der Waals surface area (Å²) in [6.45, 7) is 0.538. The first kappa shape index (κ1) is 10.4. The summed E-state index contributed by atoms with van der Waals surface area (Å²) >= 11 is 0. The normalized spacial score (nSPS) is 12.6. The zero-order valence-electron chi connectivity index (χ0n) is 10.1. The van der Waals surface area contributed by atoms with E-state index in [9.17, 15) is 5.11 Å². The van der Waals surface area contributed by atoms with Crippen molar-refractivity contribution in [1.82, 2.24) is 4.98 Å². The average molecular weight is 249 g/mol. The topological polar surface area (TPSA) is 42.4 Å². The van der Waals surface area contributed by atoms with Gasteiger partial charge in [0.25, 0.3) is 0 Å². The number of ether oxygens (including phenoxy) is 1. The van der Waals surface area contributed by atoms with Crippen LogP contribution in [0.25, 0.3) is 22.0 Å². The quantitative estimate of drug-likeness (QED) is 0.663. The van der Waals surface area contributed by atoms with Crippen molar-refractivity contribution in [3.8, 4) is 22.6 Å². The highest BCUT2D eigenvalue weighted by Gasteiger charge is 2.19. The largest absolute Gasteiger partial charge is 0.508 e. The van der Waals surface area contributed by atoms with E-state index in [-0.39, 0.29) is 5.75 Å². The maximum atomic E-state index is 9.52. The highest BCUT2D eigenvalue weighted by Crippen LogP contribution is 2.39. The fraction of sp³-hybridized carbons (Fsp3) is 0.0625. The van der Waals surface area contributed by atoms with Gasteiger partial charge < -0.3 is 9.84 Å². The van der Waals surface area contributed by atoms with E-state index in [4.69, 9.17) is 4.74 Å². The molecular formula is C16H11NO2. The summed E-state index contributed by atoms with van der Waals surface area (Å²) in [7, 11) is 0. The summed E-state index contributed by atoms with van der Waals surface area (Å²) in [6, 6.07) is 13.2. The Morgan fingerprint density at radius 2 is 1.95 bits per heavy atom. The Morgan fingerprint density at radius 3 is 2.89 bits per heavy atom. The van der Waals surface area contributed by atoms with Gasteiger partial charge in [0.05, 0.1) is 5.52 Å². The van der Waals surface area contributed by atoms with Gasteiger partial charge in [0, 0.05) is 34.3 Å². The number of aromatic nitrogens is 1. The number of fused-ring (bicyclic) bond motifs is 5. The molecule has 92 valence electrons. The number of aromatic hydroxyl groups is 1. The molecule has 3 aromatic rings. The van der Waals surface area contributed by atoms with Gasteiger partial charge in [-0.1, -0.05) is 18.2 Å². The van der Waals surface area contributed by atoms with Crippen LogP contribution < -0.4 is 4.74 Å². The van der Waals surface area contributed by atoms with Gasteiger partial charge in [-0.2, -0.15) is 0 Å². The number of para-hydroxylation sites is 1. The molecule has 0 bridgehead atoms. The lowest BCUT2D eigenvalue weighted by Crippen LogP contribution is -2.06. The number of nitrogens with zero attached hydrogens (tertiary/aromatic N) is 1. The lowest BCUT2D eigenvalue weighted by molar-refractivity contribution is 0.304. The lowest BCUT2D eigenvalue weighted by atomic mass is 9.96. The molecule has 1 N–H and O–H groups in total. The number of pyridine rings is 1. The second-order valence-corrected chi connectivity index (χ2v) is 4.64. The number of hydrogen-bond donors (Lipinski definition) is 1. The lowest BCUT2D eigenvalue weighted by Gasteiger charge is -2.21. The summed E-state index contributed by atoms with van der Waals surface area (Å²) in [5.74, 6) is 1.13. The van der Waals surface area contributed by atoms with Crippen LogP contribution in [0.1, 0.15) is 5.56 Å². The molecule has 0 atom stereocenters. The number of benzene rings is 2. The SMILES string of the molecule is Oc1ccc2c3c(cnc2c1)-c1ccccc1OC3. The molecule has 1 aromatic heterocycles. The van der Waals surface area contributed by atoms with Gasteiger partial charge in [0.2, 0.25) is 0 Å². The van der Waals surface area contributed by atoms with Crippen LogP contribution in [0.3, 0.4) is 0 Å². The van der Waals surface area contributed by atoms with Crippen LogP contribution in [0.2, 0.25) is 0 Å². The van der Waals surface area contributed by atoms with Gasteiger partial charge >= 0.3 is 0 Å². The molecule has 0 spiro atoms. The molecule has 0 aliphatic carbocycles. The second-order valence-electron chi connectivity index (χ2n) is 4.64. The fourth-order valence-corrected chi connectivity index (χ4v) is 2.59. The summed E-state index contributed by atoms with van der Waals surface area (Å²) < 4.78 is 5.80. The minimum absolute atomic E-state index is 0.233. The monoisotopic (exact) mass is 249 g/mol. The highest BCUT2D eigenvalue weighted by atomic mass is 16.5. The van der Waals surface area contributed by atoms with Crippen molar-refractivity contribution < 1.29 is 9.84 Å². The molecule has 0 saturated heterocycles. The Morgan fingerprint density at radius 1 is 1.05 bits per heavy atom. The fourth-order valence-electron chi connectivity index (χ4n) is 2.59. The number of hydrogen-bond acceptors (Lipinski definition) is 3. The van der Waals surface area contributed by atoms with Crippen molar-refractivity contribution in [2.75, 3.05) is 0 Å². The first-order valence-corrected chi connectivity index (χ1v) is 6.16. The third kappa shape index (κ3) is 1.48. The Bertz CT molecular complexity index is 796. The molecule has 3 heteroatoms. The summed E-state index contributed by atoms with van der Waals surface area (Å²) in [6.07, 6.45) is 1.86. The minimum Gasteiger partial charge on any atom is -0.508 e. The molecule has 4 rings (SSSR count). The van der Waals surface area contributed by atoms with Crippen LogP contribution in [0.15, 0.2) is 48.7 Å². The average Bonchev–Trinajstić information content (AvgIpc) is 2.46. The first-order valence-electron chi connectivity index (χ1n) is 6.16. The summed E-state index contributed by atoms with van der Waals surface area (Å²) in [4.78, 5) is 4.44. The van der Waals surface area contributed by atoms with Crippen molar-refractivity contribution in [3.63, 3.8) is 0 Å². The third-order valence-electron chi connectivity index (χ3n) is 3.51. The molecule has 19 heavy (non-hydrogen) atoms. The van der Waals surface area contributed by atoms with Crippen LogP contribution in [0.4, 0.5) is 0 Å². The molecule has 0 unspecified atom stereocenters.